The minimum absolute atomic E-state index is 0.0779. The molecule has 4 rings (SSSR count). The van der Waals surface area contributed by atoms with E-state index in [1.54, 1.807) is 24.3 Å². The zero-order valence-corrected chi connectivity index (χ0v) is 16.3. The van der Waals surface area contributed by atoms with Gasteiger partial charge in [-0.25, -0.2) is 0 Å². The van der Waals surface area contributed by atoms with E-state index in [1.807, 2.05) is 0 Å². The molecule has 0 radical (unpaired) electrons. The molecule has 1 aliphatic heterocycles. The van der Waals surface area contributed by atoms with E-state index >= 15 is 0 Å². The molecule has 146 valence electrons. The number of benzene rings is 2. The molecule has 0 spiro atoms. The molecule has 1 atom stereocenters. The lowest BCUT2D eigenvalue weighted by atomic mass is 9.99. The Bertz CT molecular complexity index is 858. The minimum Gasteiger partial charge on any atom is -0.350 e. The fourth-order valence-corrected chi connectivity index (χ4v) is 3.66. The van der Waals surface area contributed by atoms with Gasteiger partial charge in [-0.2, -0.15) is 0 Å². The van der Waals surface area contributed by atoms with Gasteiger partial charge >= 0.3 is 0 Å². The summed E-state index contributed by atoms with van der Waals surface area (Å²) in [4.78, 5) is 26.7. The van der Waals surface area contributed by atoms with E-state index < -0.39 is 0 Å². The van der Waals surface area contributed by atoms with Crippen molar-refractivity contribution in [3.8, 4) is 0 Å². The lowest BCUT2D eigenvalue weighted by Crippen LogP contribution is -2.44. The molecule has 28 heavy (non-hydrogen) atoms. The normalized spacial score (nSPS) is 17.5. The largest absolute Gasteiger partial charge is 0.350 e. The first kappa shape index (κ1) is 18.7. The Labute approximate surface area is 166 Å². The predicted molar refractivity (Wildman–Crippen MR) is 110 cm³/mol. The molecular formula is C23H27N3O2. The van der Waals surface area contributed by atoms with Crippen LogP contribution in [0.1, 0.15) is 41.3 Å². The van der Waals surface area contributed by atoms with Crippen molar-refractivity contribution in [2.75, 3.05) is 18.4 Å². The standard InChI is InChI=1S/C23H27N3O2/c1-16(26-13-12-17-4-2-3-5-20(17)15-26)14-24-22(27)18-8-10-21(11-9-18)25-23(28)19-6-7-19/h2-5,8-11,16,19H,6-7,12-15H2,1H3,(H,24,27)(H,25,28). The molecule has 2 amide bonds. The molecule has 2 N–H and O–H groups in total. The number of carbonyl (C=O) groups is 2. The van der Waals surface area contributed by atoms with Crippen molar-refractivity contribution in [2.24, 2.45) is 5.92 Å². The van der Waals surface area contributed by atoms with Gasteiger partial charge in [-0.1, -0.05) is 24.3 Å². The van der Waals surface area contributed by atoms with Crippen LogP contribution in [0.5, 0.6) is 0 Å². The fourth-order valence-electron chi connectivity index (χ4n) is 3.66. The van der Waals surface area contributed by atoms with Crippen molar-refractivity contribution >= 4 is 17.5 Å². The number of nitrogens with one attached hydrogen (secondary N) is 2. The van der Waals surface area contributed by atoms with E-state index in [0.29, 0.717) is 12.1 Å². The van der Waals surface area contributed by atoms with Gasteiger partial charge in [0, 0.05) is 42.8 Å². The van der Waals surface area contributed by atoms with E-state index in [0.717, 1.165) is 38.0 Å². The number of hydrogen-bond donors (Lipinski definition) is 2. The minimum atomic E-state index is -0.0793. The molecule has 1 fully saturated rings. The van der Waals surface area contributed by atoms with Gasteiger partial charge in [-0.05, 0) is 61.6 Å². The first-order valence-electron chi connectivity index (χ1n) is 10.1. The summed E-state index contributed by atoms with van der Waals surface area (Å²) in [6.07, 6.45) is 3.02. The molecule has 2 aromatic carbocycles. The van der Waals surface area contributed by atoms with Crippen LogP contribution < -0.4 is 10.6 Å². The van der Waals surface area contributed by atoms with Gasteiger partial charge in [-0.3, -0.25) is 14.5 Å². The van der Waals surface area contributed by atoms with Crippen LogP contribution in [0.2, 0.25) is 0 Å². The summed E-state index contributed by atoms with van der Waals surface area (Å²) in [5.41, 5.74) is 4.18. The van der Waals surface area contributed by atoms with Crippen LogP contribution in [0.15, 0.2) is 48.5 Å². The highest BCUT2D eigenvalue weighted by Gasteiger charge is 2.29. The lowest BCUT2D eigenvalue weighted by Gasteiger charge is -2.33. The van der Waals surface area contributed by atoms with Gasteiger partial charge in [0.25, 0.3) is 5.91 Å². The molecule has 1 heterocycles. The van der Waals surface area contributed by atoms with Gasteiger partial charge in [0.1, 0.15) is 0 Å². The molecule has 2 aliphatic rings. The highest BCUT2D eigenvalue weighted by Crippen LogP contribution is 2.30. The van der Waals surface area contributed by atoms with Crippen LogP contribution in [0.4, 0.5) is 5.69 Å². The van der Waals surface area contributed by atoms with E-state index in [4.69, 9.17) is 0 Å². The summed E-state index contributed by atoms with van der Waals surface area (Å²) in [6.45, 7) is 4.72. The molecule has 1 unspecified atom stereocenters. The number of amides is 2. The van der Waals surface area contributed by atoms with Crippen molar-refractivity contribution in [2.45, 2.75) is 38.8 Å². The Morgan fingerprint density at radius 1 is 1.07 bits per heavy atom. The summed E-state index contributed by atoms with van der Waals surface area (Å²) >= 11 is 0. The maximum absolute atomic E-state index is 12.5. The number of hydrogen-bond acceptors (Lipinski definition) is 3. The highest BCUT2D eigenvalue weighted by atomic mass is 16.2. The monoisotopic (exact) mass is 377 g/mol. The average molecular weight is 377 g/mol. The third kappa shape index (κ3) is 4.42. The zero-order valence-electron chi connectivity index (χ0n) is 16.3. The fraction of sp³-hybridized carbons (Fsp3) is 0.391. The zero-order chi connectivity index (χ0) is 19.5. The van der Waals surface area contributed by atoms with Crippen LogP contribution in [-0.2, 0) is 17.8 Å². The Morgan fingerprint density at radius 2 is 1.79 bits per heavy atom. The van der Waals surface area contributed by atoms with Gasteiger partial charge in [0.05, 0.1) is 0 Å². The highest BCUT2D eigenvalue weighted by molar-refractivity contribution is 5.96. The molecule has 0 aromatic heterocycles. The second kappa shape index (κ2) is 8.15. The molecule has 5 heteroatoms. The maximum Gasteiger partial charge on any atom is 0.251 e. The van der Waals surface area contributed by atoms with Crippen LogP contribution in [0.25, 0.3) is 0 Å². The average Bonchev–Trinajstić information content (AvgIpc) is 3.57. The van der Waals surface area contributed by atoms with Crippen molar-refractivity contribution in [3.05, 3.63) is 65.2 Å². The van der Waals surface area contributed by atoms with E-state index in [1.165, 1.54) is 11.1 Å². The lowest BCUT2D eigenvalue weighted by molar-refractivity contribution is -0.117. The number of nitrogens with zero attached hydrogens (tertiary/aromatic N) is 1. The third-order valence-corrected chi connectivity index (χ3v) is 5.70. The van der Waals surface area contributed by atoms with Crippen molar-refractivity contribution in [3.63, 3.8) is 0 Å². The maximum atomic E-state index is 12.5. The smallest absolute Gasteiger partial charge is 0.251 e. The summed E-state index contributed by atoms with van der Waals surface area (Å²) in [7, 11) is 0. The SMILES string of the molecule is CC(CNC(=O)c1ccc(NC(=O)C2CC2)cc1)N1CCc2ccccc2C1. The van der Waals surface area contributed by atoms with Crippen LogP contribution in [0, 0.1) is 5.92 Å². The molecule has 1 aliphatic carbocycles. The van der Waals surface area contributed by atoms with E-state index in [-0.39, 0.29) is 23.8 Å². The molecule has 1 saturated carbocycles. The third-order valence-electron chi connectivity index (χ3n) is 5.70. The second-order valence-electron chi connectivity index (χ2n) is 7.89. The van der Waals surface area contributed by atoms with E-state index in [9.17, 15) is 9.59 Å². The van der Waals surface area contributed by atoms with Crippen molar-refractivity contribution in [1.82, 2.24) is 10.2 Å². The number of fused-ring (bicyclic) bond motifs is 1. The molecular weight excluding hydrogens is 350 g/mol. The molecule has 2 aromatic rings. The van der Waals surface area contributed by atoms with Crippen molar-refractivity contribution in [1.29, 1.82) is 0 Å². The predicted octanol–water partition coefficient (Wildman–Crippen LogP) is 3.21. The first-order valence-corrected chi connectivity index (χ1v) is 10.1. The Kier molecular flexibility index (Phi) is 5.44. The number of anilines is 1. The quantitative estimate of drug-likeness (QED) is 0.813. The van der Waals surface area contributed by atoms with Crippen LogP contribution >= 0.6 is 0 Å². The summed E-state index contributed by atoms with van der Waals surface area (Å²) < 4.78 is 0. The van der Waals surface area contributed by atoms with Gasteiger partial charge < -0.3 is 10.6 Å². The van der Waals surface area contributed by atoms with Gasteiger partial charge in [0.15, 0.2) is 0 Å². The van der Waals surface area contributed by atoms with Gasteiger partial charge in [0.2, 0.25) is 5.91 Å². The van der Waals surface area contributed by atoms with Gasteiger partial charge in [-0.15, -0.1) is 0 Å². The summed E-state index contributed by atoms with van der Waals surface area (Å²) in [5, 5.41) is 5.93. The van der Waals surface area contributed by atoms with Crippen LogP contribution in [-0.4, -0.2) is 35.8 Å². The number of rotatable bonds is 6. The van der Waals surface area contributed by atoms with E-state index in [2.05, 4.69) is 46.7 Å². The topological polar surface area (TPSA) is 61.4 Å². The first-order chi connectivity index (χ1) is 13.6. The van der Waals surface area contributed by atoms with Crippen molar-refractivity contribution < 1.29 is 9.59 Å². The Balaban J connectivity index is 1.27. The number of carbonyl (C=O) groups excluding carboxylic acids is 2. The Hall–Kier alpha value is -2.66. The molecule has 0 saturated heterocycles. The molecule has 5 nitrogen and oxygen atoms in total. The van der Waals surface area contributed by atoms with Crippen LogP contribution in [0.3, 0.4) is 0 Å². The summed E-state index contributed by atoms with van der Waals surface area (Å²) in [6, 6.07) is 16.0. The molecule has 0 bridgehead atoms. The second-order valence-corrected chi connectivity index (χ2v) is 7.89. The Morgan fingerprint density at radius 3 is 2.50 bits per heavy atom. The summed E-state index contributed by atoms with van der Waals surface area (Å²) in [5.74, 6) is 0.171.